The molecule has 0 nitrogen and oxygen atoms in total. The highest BCUT2D eigenvalue weighted by Gasteiger charge is 1.90. The molecule has 19 heavy (non-hydrogen) atoms. The molecular weight excluding hydrogens is 364 g/mol. The first-order valence-corrected chi connectivity index (χ1v) is 10.4. The van der Waals surface area contributed by atoms with E-state index in [4.69, 9.17) is 0 Å². The fraction of sp³-hybridized carbons (Fsp3) is 0.882. The van der Waals surface area contributed by atoms with Gasteiger partial charge in [-0.15, -0.1) is 0 Å². The van der Waals surface area contributed by atoms with Crippen LogP contribution in [-0.4, -0.2) is 10.7 Å². The SMILES string of the molecule is BrCCCCCCCC=CCCCCCCCCBr. The third-order valence-electron chi connectivity index (χ3n) is 3.43. The zero-order valence-corrected chi connectivity index (χ0v) is 15.7. The predicted octanol–water partition coefficient (Wildman–Crippen LogP) is 7.40. The molecule has 0 atom stereocenters. The van der Waals surface area contributed by atoms with Gasteiger partial charge in [-0.25, -0.2) is 0 Å². The molecule has 0 rings (SSSR count). The Morgan fingerprint density at radius 2 is 0.737 bits per heavy atom. The summed E-state index contributed by atoms with van der Waals surface area (Å²) in [6, 6.07) is 0. The molecule has 0 unspecified atom stereocenters. The highest BCUT2D eigenvalue weighted by Crippen LogP contribution is 2.10. The third kappa shape index (κ3) is 18.7. The molecule has 2 heteroatoms. The molecule has 0 aromatic carbocycles. The monoisotopic (exact) mass is 394 g/mol. The van der Waals surface area contributed by atoms with Crippen LogP contribution in [0.2, 0.25) is 0 Å². The van der Waals surface area contributed by atoms with Crippen molar-refractivity contribution in [3.05, 3.63) is 12.2 Å². The van der Waals surface area contributed by atoms with Gasteiger partial charge >= 0.3 is 0 Å². The second-order valence-corrected chi connectivity index (χ2v) is 6.90. The van der Waals surface area contributed by atoms with Crippen molar-refractivity contribution in [2.24, 2.45) is 0 Å². The van der Waals surface area contributed by atoms with Crippen LogP contribution in [0.15, 0.2) is 12.2 Å². The molecule has 0 radical (unpaired) electrons. The molecule has 0 spiro atoms. The fourth-order valence-electron chi connectivity index (χ4n) is 2.19. The number of unbranched alkanes of at least 4 members (excludes halogenated alkanes) is 11. The standard InChI is InChI=1S/C17H32Br2/c18-16-14-12-10-8-6-4-2-1-3-5-7-9-11-13-15-17-19/h1-2H,3-17H2. The summed E-state index contributed by atoms with van der Waals surface area (Å²) in [7, 11) is 0. The quantitative estimate of drug-likeness (QED) is 0.154. The zero-order chi connectivity index (χ0) is 14.0. The number of hydrogen-bond donors (Lipinski definition) is 0. The number of halogens is 2. The van der Waals surface area contributed by atoms with E-state index < -0.39 is 0 Å². The van der Waals surface area contributed by atoms with E-state index in [-0.39, 0.29) is 0 Å². The van der Waals surface area contributed by atoms with E-state index in [0.29, 0.717) is 0 Å². The molecule has 0 fully saturated rings. The summed E-state index contributed by atoms with van der Waals surface area (Å²) in [4.78, 5) is 0. The van der Waals surface area contributed by atoms with Gasteiger partial charge in [0.05, 0.1) is 0 Å². The van der Waals surface area contributed by atoms with Crippen molar-refractivity contribution < 1.29 is 0 Å². The maximum Gasteiger partial charge on any atom is 0.00313 e. The van der Waals surface area contributed by atoms with Crippen molar-refractivity contribution in [2.75, 3.05) is 10.7 Å². The number of hydrogen-bond acceptors (Lipinski definition) is 0. The van der Waals surface area contributed by atoms with Crippen molar-refractivity contribution in [1.82, 2.24) is 0 Å². The van der Waals surface area contributed by atoms with Gasteiger partial charge in [0.25, 0.3) is 0 Å². The average Bonchev–Trinajstić information content (AvgIpc) is 2.43. The minimum absolute atomic E-state index is 1.17. The van der Waals surface area contributed by atoms with Crippen LogP contribution in [0, 0.1) is 0 Å². The molecule has 0 aromatic heterocycles. The Morgan fingerprint density at radius 1 is 0.421 bits per heavy atom. The Kier molecular flexibility index (Phi) is 19.4. The van der Waals surface area contributed by atoms with Gasteiger partial charge in [-0.3, -0.25) is 0 Å². The van der Waals surface area contributed by atoms with Gasteiger partial charge in [0.1, 0.15) is 0 Å². The highest BCUT2D eigenvalue weighted by atomic mass is 79.9. The van der Waals surface area contributed by atoms with Crippen molar-refractivity contribution in [1.29, 1.82) is 0 Å². The van der Waals surface area contributed by atoms with Gasteiger partial charge in [-0.05, 0) is 38.5 Å². The first-order chi connectivity index (χ1) is 9.41. The van der Waals surface area contributed by atoms with Crippen LogP contribution in [0.4, 0.5) is 0 Å². The van der Waals surface area contributed by atoms with Gasteiger partial charge in [0.15, 0.2) is 0 Å². The molecule has 0 N–H and O–H groups in total. The van der Waals surface area contributed by atoms with E-state index in [0.717, 1.165) is 0 Å². The van der Waals surface area contributed by atoms with Crippen LogP contribution in [0.5, 0.6) is 0 Å². The van der Waals surface area contributed by atoms with Gasteiger partial charge in [-0.1, -0.05) is 89.0 Å². The molecule has 0 heterocycles. The molecule has 0 aromatic rings. The van der Waals surface area contributed by atoms with E-state index in [1.807, 2.05) is 0 Å². The van der Waals surface area contributed by atoms with Crippen molar-refractivity contribution >= 4 is 31.9 Å². The summed E-state index contributed by atoms with van der Waals surface area (Å²) in [5.74, 6) is 0. The van der Waals surface area contributed by atoms with Gasteiger partial charge in [-0.2, -0.15) is 0 Å². The lowest BCUT2D eigenvalue weighted by Crippen LogP contribution is -1.80. The molecule has 0 saturated heterocycles. The molecule has 0 aliphatic rings. The lowest BCUT2D eigenvalue weighted by atomic mass is 10.1. The normalized spacial score (nSPS) is 11.5. The Labute approximate surface area is 138 Å². The molecule has 0 aliphatic carbocycles. The zero-order valence-electron chi connectivity index (χ0n) is 12.5. The largest absolute Gasteiger partial charge is 0.0928 e. The summed E-state index contributed by atoms with van der Waals surface area (Å²) >= 11 is 6.96. The minimum Gasteiger partial charge on any atom is -0.0928 e. The number of allylic oxidation sites excluding steroid dienone is 2. The van der Waals surface area contributed by atoms with Crippen molar-refractivity contribution in [3.63, 3.8) is 0 Å². The van der Waals surface area contributed by atoms with E-state index >= 15 is 0 Å². The average molecular weight is 396 g/mol. The lowest BCUT2D eigenvalue weighted by Gasteiger charge is -1.99. The number of alkyl halides is 2. The lowest BCUT2D eigenvalue weighted by molar-refractivity contribution is 0.612. The van der Waals surface area contributed by atoms with Crippen LogP contribution in [-0.2, 0) is 0 Å². The fourth-order valence-corrected chi connectivity index (χ4v) is 2.98. The molecule has 114 valence electrons. The van der Waals surface area contributed by atoms with Crippen molar-refractivity contribution in [3.8, 4) is 0 Å². The molecule has 0 saturated carbocycles. The maximum atomic E-state index is 3.48. The first kappa shape index (κ1) is 19.7. The highest BCUT2D eigenvalue weighted by molar-refractivity contribution is 9.09. The van der Waals surface area contributed by atoms with Gasteiger partial charge < -0.3 is 0 Å². The van der Waals surface area contributed by atoms with E-state index in [1.165, 1.54) is 94.1 Å². The van der Waals surface area contributed by atoms with E-state index in [9.17, 15) is 0 Å². The number of rotatable bonds is 15. The summed E-state index contributed by atoms with van der Waals surface area (Å²) in [6.07, 6.45) is 22.7. The third-order valence-corrected chi connectivity index (χ3v) is 4.55. The summed E-state index contributed by atoms with van der Waals surface area (Å²) in [6.45, 7) is 0. The summed E-state index contributed by atoms with van der Waals surface area (Å²) < 4.78 is 0. The van der Waals surface area contributed by atoms with E-state index in [1.54, 1.807) is 0 Å². The predicted molar refractivity (Wildman–Crippen MR) is 96.7 cm³/mol. The molecule has 0 amide bonds. The van der Waals surface area contributed by atoms with Crippen LogP contribution < -0.4 is 0 Å². The second kappa shape index (κ2) is 18.7. The van der Waals surface area contributed by atoms with Crippen LogP contribution in [0.3, 0.4) is 0 Å². The smallest absolute Gasteiger partial charge is 0.00313 e. The first-order valence-electron chi connectivity index (χ1n) is 8.18. The Balaban J connectivity index is 3.01. The molecular formula is C17H32Br2. The van der Waals surface area contributed by atoms with Gasteiger partial charge in [0, 0.05) is 10.7 Å². The van der Waals surface area contributed by atoms with Gasteiger partial charge in [0.2, 0.25) is 0 Å². The maximum absolute atomic E-state index is 3.48. The van der Waals surface area contributed by atoms with Crippen LogP contribution in [0.25, 0.3) is 0 Å². The second-order valence-electron chi connectivity index (χ2n) is 5.32. The Bertz CT molecular complexity index is 178. The minimum atomic E-state index is 1.17. The molecule has 0 aliphatic heterocycles. The van der Waals surface area contributed by atoms with Crippen LogP contribution >= 0.6 is 31.9 Å². The topological polar surface area (TPSA) is 0 Å². The Morgan fingerprint density at radius 3 is 1.11 bits per heavy atom. The molecule has 0 bridgehead atoms. The van der Waals surface area contributed by atoms with Crippen LogP contribution in [0.1, 0.15) is 83.5 Å². The summed E-state index contributed by atoms with van der Waals surface area (Å²) in [5.41, 5.74) is 0. The Hall–Kier alpha value is 0.700. The summed E-state index contributed by atoms with van der Waals surface area (Å²) in [5, 5.41) is 2.34. The van der Waals surface area contributed by atoms with E-state index in [2.05, 4.69) is 44.0 Å². The van der Waals surface area contributed by atoms with Crippen molar-refractivity contribution in [2.45, 2.75) is 83.5 Å².